The van der Waals surface area contributed by atoms with Crippen molar-refractivity contribution < 1.29 is 53.3 Å². The Balaban J connectivity index is 0.000000170. The van der Waals surface area contributed by atoms with Crippen molar-refractivity contribution in [2.45, 2.75) is 11.4 Å². The van der Waals surface area contributed by atoms with Gasteiger partial charge < -0.3 is 14.2 Å². The van der Waals surface area contributed by atoms with Crippen LogP contribution in [0.5, 0.6) is 11.8 Å². The molecule has 0 radical (unpaired) electrons. The molecular formula is C30H21BrF6N4O6S. The summed E-state index contributed by atoms with van der Waals surface area (Å²) >= 11 is 3.60. The van der Waals surface area contributed by atoms with E-state index in [9.17, 15) is 39.1 Å². The van der Waals surface area contributed by atoms with Crippen molar-refractivity contribution in [3.63, 3.8) is 0 Å². The summed E-state index contributed by atoms with van der Waals surface area (Å²) < 4.78 is 109. The second-order valence-electron chi connectivity index (χ2n) is 9.39. The first-order chi connectivity index (χ1) is 22.6. The van der Waals surface area contributed by atoms with Crippen LogP contribution in [0.2, 0.25) is 0 Å². The highest BCUT2D eigenvalue weighted by Crippen LogP contribution is 2.41. The van der Waals surface area contributed by atoms with Crippen LogP contribution in [0.15, 0.2) is 77.8 Å². The van der Waals surface area contributed by atoms with Crippen molar-refractivity contribution in [3.05, 3.63) is 83.4 Å². The largest absolute Gasteiger partial charge is 0.480 e. The third-order valence-electron chi connectivity index (χ3n) is 6.57. The van der Waals surface area contributed by atoms with Crippen LogP contribution in [0.1, 0.15) is 5.56 Å². The summed E-state index contributed by atoms with van der Waals surface area (Å²) in [5, 5.41) is -1.07. The number of benzene rings is 4. The third-order valence-corrected chi connectivity index (χ3v) is 8.15. The lowest BCUT2D eigenvalue weighted by Gasteiger charge is -2.14. The van der Waals surface area contributed by atoms with E-state index in [-0.39, 0.29) is 22.2 Å². The topological polar surface area (TPSA) is 130 Å². The van der Waals surface area contributed by atoms with Crippen molar-refractivity contribution in [2.24, 2.45) is 0 Å². The van der Waals surface area contributed by atoms with E-state index < -0.39 is 33.2 Å². The van der Waals surface area contributed by atoms with E-state index in [0.717, 1.165) is 32.5 Å². The van der Waals surface area contributed by atoms with Crippen LogP contribution < -0.4 is 9.47 Å². The van der Waals surface area contributed by atoms with Gasteiger partial charge in [0.25, 0.3) is 0 Å². The van der Waals surface area contributed by atoms with Gasteiger partial charge in [-0.1, -0.05) is 52.4 Å². The number of alkyl halides is 5. The van der Waals surface area contributed by atoms with Crippen molar-refractivity contribution >= 4 is 75.5 Å². The molecule has 0 N–H and O–H groups in total. The zero-order valence-electron chi connectivity index (χ0n) is 24.7. The first-order valence-corrected chi connectivity index (χ1v) is 15.3. The maximum absolute atomic E-state index is 13.4. The first-order valence-electron chi connectivity index (χ1n) is 13.1. The number of ether oxygens (including phenoxy) is 3. The molecule has 0 aliphatic heterocycles. The molecule has 0 amide bonds. The number of hydrogen-bond acceptors (Lipinski definition) is 10. The van der Waals surface area contributed by atoms with E-state index in [4.69, 9.17) is 9.47 Å². The maximum atomic E-state index is 13.4. The molecule has 6 aromatic rings. The van der Waals surface area contributed by atoms with Gasteiger partial charge >= 0.3 is 27.6 Å². The molecule has 0 saturated carbocycles. The average molecular weight is 759 g/mol. The molecule has 0 fully saturated rings. The molecular weight excluding hydrogens is 738 g/mol. The zero-order valence-corrected chi connectivity index (χ0v) is 27.1. The standard InChI is InChI=1S/C14H9F3N2O.C13H9BrN2O.C3H3F3O4S/c1-20-13-10-6-8-4-2-3-5-9(8)11(14(15,16)17)12(10)18-7-19-13;1-17-13-10-6-8-4-2-3-5-9(8)11(14)12(10)15-7-16-13;1-10-2(7)3(4,5)11(6,8)9/h2-7H,1H3;2-7H,1H3;1H3. The molecule has 252 valence electrons. The Morgan fingerprint density at radius 1 is 0.708 bits per heavy atom. The van der Waals surface area contributed by atoms with Crippen molar-refractivity contribution in [2.75, 3.05) is 21.3 Å². The van der Waals surface area contributed by atoms with Crippen LogP contribution in [-0.4, -0.2) is 60.9 Å². The van der Waals surface area contributed by atoms with Crippen molar-refractivity contribution in [3.8, 4) is 11.8 Å². The smallest absolute Gasteiger partial charge is 0.470 e. The van der Waals surface area contributed by atoms with Gasteiger partial charge in [0.2, 0.25) is 11.8 Å². The number of esters is 1. The fourth-order valence-corrected chi connectivity index (χ4v) is 5.42. The lowest BCUT2D eigenvalue weighted by molar-refractivity contribution is -0.157. The second-order valence-corrected chi connectivity index (χ2v) is 11.6. The van der Waals surface area contributed by atoms with Gasteiger partial charge in [-0.15, -0.1) is 0 Å². The molecule has 18 heteroatoms. The van der Waals surface area contributed by atoms with Crippen molar-refractivity contribution in [1.29, 1.82) is 0 Å². The minimum Gasteiger partial charge on any atom is -0.480 e. The van der Waals surface area contributed by atoms with Crippen LogP contribution >= 0.6 is 15.9 Å². The van der Waals surface area contributed by atoms with Crippen LogP contribution in [0.25, 0.3) is 43.4 Å². The van der Waals surface area contributed by atoms with Crippen LogP contribution in [-0.2, 0) is 25.9 Å². The number of aromatic nitrogens is 4. The lowest BCUT2D eigenvalue weighted by Crippen LogP contribution is -2.36. The van der Waals surface area contributed by atoms with Gasteiger partial charge in [0.05, 0.1) is 53.2 Å². The Bertz CT molecular complexity index is 2260. The van der Waals surface area contributed by atoms with Gasteiger partial charge in [0.15, 0.2) is 0 Å². The summed E-state index contributed by atoms with van der Waals surface area (Å²) in [6.07, 6.45) is -1.91. The molecule has 0 saturated heterocycles. The Morgan fingerprint density at radius 3 is 1.62 bits per heavy atom. The second kappa shape index (κ2) is 14.1. The number of carbonyl (C=O) groups excluding carboxylic acids is 1. The quantitative estimate of drug-likeness (QED) is 0.0775. The first kappa shape index (κ1) is 36.0. The summed E-state index contributed by atoms with van der Waals surface area (Å²) in [5.41, 5.74) is -0.0371. The predicted molar refractivity (Wildman–Crippen MR) is 167 cm³/mol. The van der Waals surface area contributed by atoms with Gasteiger partial charge in [0, 0.05) is 0 Å². The Morgan fingerprint density at radius 2 is 1.17 bits per heavy atom. The molecule has 0 atom stereocenters. The summed E-state index contributed by atoms with van der Waals surface area (Å²) in [6.45, 7) is 0. The molecule has 2 heterocycles. The predicted octanol–water partition coefficient (Wildman–Crippen LogP) is 7.42. The van der Waals surface area contributed by atoms with E-state index in [1.807, 2.05) is 18.2 Å². The van der Waals surface area contributed by atoms with Crippen LogP contribution in [0.3, 0.4) is 0 Å². The number of hydrogen-bond donors (Lipinski definition) is 0. The highest BCUT2D eigenvalue weighted by atomic mass is 79.9. The van der Waals surface area contributed by atoms with E-state index in [1.165, 1.54) is 19.5 Å². The van der Waals surface area contributed by atoms with E-state index in [1.54, 1.807) is 31.4 Å². The summed E-state index contributed by atoms with van der Waals surface area (Å²) in [5.74, 6) is -1.72. The fraction of sp³-hybridized carbons (Fsp3) is 0.167. The minimum atomic E-state index is -6.22. The summed E-state index contributed by atoms with van der Waals surface area (Å²) in [7, 11) is -2.73. The fourth-order valence-electron chi connectivity index (χ4n) is 4.46. The zero-order chi connectivity index (χ0) is 35.4. The van der Waals surface area contributed by atoms with Crippen LogP contribution in [0.4, 0.5) is 25.8 Å². The third kappa shape index (κ3) is 7.18. The van der Waals surface area contributed by atoms with E-state index >= 15 is 0 Å². The summed E-state index contributed by atoms with van der Waals surface area (Å²) in [6, 6.07) is 18.1. The maximum Gasteiger partial charge on any atom is 0.470 e. The molecule has 48 heavy (non-hydrogen) atoms. The van der Waals surface area contributed by atoms with Crippen molar-refractivity contribution in [1.82, 2.24) is 19.9 Å². The Hall–Kier alpha value is -4.84. The molecule has 0 unspecified atom stereocenters. The molecule has 4 aromatic carbocycles. The molecule has 6 rings (SSSR count). The van der Waals surface area contributed by atoms with Gasteiger partial charge in [-0.3, -0.25) is 0 Å². The minimum absolute atomic E-state index is 0.119. The lowest BCUT2D eigenvalue weighted by atomic mass is 10.0. The highest BCUT2D eigenvalue weighted by Gasteiger charge is 2.55. The Kier molecular flexibility index (Phi) is 10.6. The van der Waals surface area contributed by atoms with Gasteiger partial charge in [0.1, 0.15) is 12.7 Å². The van der Waals surface area contributed by atoms with Crippen LogP contribution in [0, 0.1) is 0 Å². The molecule has 2 aromatic heterocycles. The molecule has 0 aliphatic carbocycles. The van der Waals surface area contributed by atoms with Gasteiger partial charge in [-0.05, 0) is 49.6 Å². The van der Waals surface area contributed by atoms with Gasteiger partial charge in [-0.25, -0.2) is 24.7 Å². The highest BCUT2D eigenvalue weighted by molar-refractivity contribution is 9.10. The molecule has 10 nitrogen and oxygen atoms in total. The molecule has 0 spiro atoms. The number of halogens is 7. The van der Waals surface area contributed by atoms with E-state index in [0.29, 0.717) is 18.4 Å². The Labute approximate surface area is 276 Å². The monoisotopic (exact) mass is 758 g/mol. The number of nitrogens with zero attached hydrogens (tertiary/aromatic N) is 4. The molecule has 0 bridgehead atoms. The molecule has 0 aliphatic rings. The summed E-state index contributed by atoms with van der Waals surface area (Å²) in [4.78, 5) is 26.0. The normalized spacial score (nSPS) is 11.8. The van der Waals surface area contributed by atoms with Gasteiger partial charge in [-0.2, -0.15) is 30.4 Å². The number of fused-ring (bicyclic) bond motifs is 4. The average Bonchev–Trinajstić information content (AvgIpc) is 3.06. The SMILES string of the molecule is COC(=O)C(F)(F)S(=O)(=O)F.COc1ncnc2c(Br)c3ccccc3cc12.COc1ncnc2c(C(F)(F)F)c3ccccc3cc12. The number of carbonyl (C=O) groups is 1. The van der Waals surface area contributed by atoms with E-state index in [2.05, 4.69) is 52.7 Å². The number of rotatable bonds is 4. The number of methoxy groups -OCH3 is 3.